The molecule has 0 radical (unpaired) electrons. The van der Waals surface area contributed by atoms with Gasteiger partial charge in [0.1, 0.15) is 6.10 Å². The number of rotatable bonds is 11. The number of allylic oxidation sites excluding steroid dienone is 3. The van der Waals surface area contributed by atoms with E-state index < -0.39 is 29.0 Å². The van der Waals surface area contributed by atoms with E-state index in [9.17, 15) is 15.3 Å². The van der Waals surface area contributed by atoms with Crippen LogP contribution in [0.3, 0.4) is 0 Å². The van der Waals surface area contributed by atoms with Gasteiger partial charge < -0.3 is 39.0 Å². The lowest BCUT2D eigenvalue weighted by molar-refractivity contribution is -0.273. The maximum atomic E-state index is 11.7. The molecule has 0 bridgehead atoms. The Kier molecular flexibility index (Phi) is 12.4. The number of aliphatic hydroxyl groups excluding tert-OH is 2. The zero-order valence-corrected chi connectivity index (χ0v) is 30.1. The van der Waals surface area contributed by atoms with Crippen LogP contribution in [0.4, 0.5) is 0 Å². The van der Waals surface area contributed by atoms with Gasteiger partial charge in [-0.1, -0.05) is 58.4 Å². The third kappa shape index (κ3) is 8.56. The van der Waals surface area contributed by atoms with Crippen molar-refractivity contribution in [2.24, 2.45) is 17.8 Å². The Morgan fingerprint density at radius 3 is 2.30 bits per heavy atom. The summed E-state index contributed by atoms with van der Waals surface area (Å²) in [7, 11) is 0. The van der Waals surface area contributed by atoms with Gasteiger partial charge in [0.25, 0.3) is 0 Å². The highest BCUT2D eigenvalue weighted by molar-refractivity contribution is 5.07. The zero-order valence-electron chi connectivity index (χ0n) is 30.1. The maximum absolute atomic E-state index is 11.7. The predicted octanol–water partition coefficient (Wildman–Crippen LogP) is 6.43. The molecular formula is C39H66O8. The summed E-state index contributed by atoms with van der Waals surface area (Å²) in [6, 6.07) is 0. The van der Waals surface area contributed by atoms with Gasteiger partial charge in [-0.3, -0.25) is 0 Å². The van der Waals surface area contributed by atoms with Crippen LogP contribution in [0.25, 0.3) is 0 Å². The van der Waals surface area contributed by atoms with Crippen molar-refractivity contribution in [3.05, 3.63) is 24.8 Å². The molecule has 3 N–H and O–H groups in total. The van der Waals surface area contributed by atoms with Crippen LogP contribution in [-0.4, -0.2) is 93.7 Å². The second-order valence-corrected chi connectivity index (χ2v) is 16.6. The van der Waals surface area contributed by atoms with Crippen molar-refractivity contribution in [2.45, 2.75) is 197 Å². The Morgan fingerprint density at radius 1 is 0.872 bits per heavy atom. The van der Waals surface area contributed by atoms with E-state index >= 15 is 0 Å². The van der Waals surface area contributed by atoms with Gasteiger partial charge in [0, 0.05) is 19.4 Å². The van der Waals surface area contributed by atoms with Crippen molar-refractivity contribution in [2.75, 3.05) is 6.61 Å². The van der Waals surface area contributed by atoms with E-state index in [1.54, 1.807) is 6.08 Å². The quantitative estimate of drug-likeness (QED) is 0.218. The summed E-state index contributed by atoms with van der Waals surface area (Å²) in [5.74, 6) is 1.44. The van der Waals surface area contributed by atoms with Crippen LogP contribution >= 0.6 is 0 Å². The molecule has 0 spiro atoms. The fourth-order valence-corrected chi connectivity index (χ4v) is 9.19. The van der Waals surface area contributed by atoms with E-state index in [4.69, 9.17) is 23.7 Å². The first kappa shape index (κ1) is 37.4. The summed E-state index contributed by atoms with van der Waals surface area (Å²) < 4.78 is 34.3. The van der Waals surface area contributed by atoms with Gasteiger partial charge in [-0.25, -0.2) is 0 Å². The normalized spacial score (nSPS) is 46.9. The van der Waals surface area contributed by atoms with E-state index in [0.29, 0.717) is 37.0 Å². The summed E-state index contributed by atoms with van der Waals surface area (Å²) in [4.78, 5) is 0. The van der Waals surface area contributed by atoms with Gasteiger partial charge in [-0.2, -0.15) is 0 Å². The van der Waals surface area contributed by atoms with Crippen LogP contribution in [0.15, 0.2) is 24.8 Å². The molecule has 5 saturated heterocycles. The summed E-state index contributed by atoms with van der Waals surface area (Å²) in [5, 5.41) is 32.4. The van der Waals surface area contributed by atoms with Crippen LogP contribution in [0, 0.1) is 17.8 Å². The van der Waals surface area contributed by atoms with Crippen LogP contribution in [0.2, 0.25) is 0 Å². The SMILES string of the molecule is C=CC=CCCC1OC2CCC3(C)OC4C(O)CC5(C)OC(CCCC(C)C(C)CCO)C(C)CC5OC4CC3OC2CCC1(C)O. The zero-order chi connectivity index (χ0) is 34.0. The number of aliphatic hydroxyl groups is 3. The number of hydrogen-bond donors (Lipinski definition) is 3. The molecule has 15 atom stereocenters. The Hall–Kier alpha value is -0.840. The molecule has 47 heavy (non-hydrogen) atoms. The molecule has 8 heteroatoms. The van der Waals surface area contributed by atoms with Crippen molar-refractivity contribution >= 4 is 0 Å². The Bertz CT molecular complexity index is 1050. The molecule has 0 saturated carbocycles. The lowest BCUT2D eigenvalue weighted by Gasteiger charge is -2.49. The molecule has 15 unspecified atom stereocenters. The standard InChI is InChI=1S/C39H66O8/c1-8-9-10-11-15-33-37(5,42)19-16-30-31(43-33)17-20-38(6)35(44-30)23-32-36(47-38)28(41)24-39(7)34(45-32)22-27(4)29(46-39)14-12-13-25(2)26(3)18-21-40/h8-10,25-36,40-42H,1,11-24H2,2-7H3. The first-order valence-corrected chi connectivity index (χ1v) is 18.9. The third-order valence-electron chi connectivity index (χ3n) is 12.8. The van der Waals surface area contributed by atoms with Crippen LogP contribution in [0.1, 0.15) is 125 Å². The van der Waals surface area contributed by atoms with Gasteiger partial charge in [0.05, 0.1) is 65.6 Å². The molecule has 5 heterocycles. The summed E-state index contributed by atoms with van der Waals surface area (Å²) in [6.45, 7) is 17.0. The molecule has 5 aliphatic heterocycles. The molecule has 8 nitrogen and oxygen atoms in total. The predicted molar refractivity (Wildman–Crippen MR) is 183 cm³/mol. The molecule has 5 aliphatic rings. The summed E-state index contributed by atoms with van der Waals surface area (Å²) in [5.41, 5.74) is -2.07. The van der Waals surface area contributed by atoms with E-state index in [1.165, 1.54) is 0 Å². The maximum Gasteiger partial charge on any atom is 0.111 e. The van der Waals surface area contributed by atoms with Crippen molar-refractivity contribution in [1.82, 2.24) is 0 Å². The van der Waals surface area contributed by atoms with E-state index in [0.717, 1.165) is 64.2 Å². The third-order valence-corrected chi connectivity index (χ3v) is 12.8. The summed E-state index contributed by atoms with van der Waals surface area (Å²) >= 11 is 0. The minimum atomic E-state index is -0.917. The van der Waals surface area contributed by atoms with Gasteiger partial charge in [0.2, 0.25) is 0 Å². The van der Waals surface area contributed by atoms with Gasteiger partial charge in [0.15, 0.2) is 0 Å². The molecular weight excluding hydrogens is 596 g/mol. The lowest BCUT2D eigenvalue weighted by atomic mass is 9.79. The van der Waals surface area contributed by atoms with Crippen molar-refractivity contribution in [3.8, 4) is 0 Å². The smallest absolute Gasteiger partial charge is 0.111 e. The molecule has 0 aromatic rings. The molecule has 5 fully saturated rings. The second-order valence-electron chi connectivity index (χ2n) is 16.6. The Morgan fingerprint density at radius 2 is 1.55 bits per heavy atom. The van der Waals surface area contributed by atoms with Crippen LogP contribution in [0.5, 0.6) is 0 Å². The molecule has 0 aromatic heterocycles. The summed E-state index contributed by atoms with van der Waals surface area (Å²) in [6.07, 6.45) is 14.2. The number of hydrogen-bond acceptors (Lipinski definition) is 8. The lowest BCUT2D eigenvalue weighted by Crippen LogP contribution is -2.59. The highest BCUT2D eigenvalue weighted by Gasteiger charge is 2.58. The fraction of sp³-hybridized carbons (Fsp3) is 0.897. The molecule has 0 amide bonds. The van der Waals surface area contributed by atoms with Gasteiger partial charge >= 0.3 is 0 Å². The highest BCUT2D eigenvalue weighted by atomic mass is 16.6. The first-order chi connectivity index (χ1) is 22.3. The highest BCUT2D eigenvalue weighted by Crippen LogP contribution is 2.49. The Balaban J connectivity index is 1.24. The largest absolute Gasteiger partial charge is 0.396 e. The van der Waals surface area contributed by atoms with Gasteiger partial charge in [-0.05, 0) is 96.3 Å². The molecule has 5 rings (SSSR count). The molecule has 0 aromatic carbocycles. The van der Waals surface area contributed by atoms with E-state index in [-0.39, 0.29) is 49.3 Å². The monoisotopic (exact) mass is 662 g/mol. The van der Waals surface area contributed by atoms with Crippen LogP contribution < -0.4 is 0 Å². The average Bonchev–Trinajstić information content (AvgIpc) is 3.27. The Labute approximate surface area is 284 Å². The van der Waals surface area contributed by atoms with E-state index in [1.807, 2.05) is 13.0 Å². The van der Waals surface area contributed by atoms with Crippen molar-refractivity contribution in [1.29, 1.82) is 0 Å². The minimum Gasteiger partial charge on any atom is -0.396 e. The molecule has 270 valence electrons. The van der Waals surface area contributed by atoms with Gasteiger partial charge in [-0.15, -0.1) is 0 Å². The number of fused-ring (bicyclic) bond motifs is 4. The first-order valence-electron chi connectivity index (χ1n) is 18.9. The molecule has 0 aliphatic carbocycles. The number of ether oxygens (including phenoxy) is 5. The minimum absolute atomic E-state index is 0.118. The van der Waals surface area contributed by atoms with Crippen LogP contribution in [-0.2, 0) is 23.7 Å². The second kappa shape index (κ2) is 15.6. The average molecular weight is 663 g/mol. The van der Waals surface area contributed by atoms with Crippen molar-refractivity contribution in [3.63, 3.8) is 0 Å². The topological polar surface area (TPSA) is 107 Å². The van der Waals surface area contributed by atoms with Crippen molar-refractivity contribution < 1.29 is 39.0 Å². The van der Waals surface area contributed by atoms with E-state index in [2.05, 4.69) is 47.3 Å². The fourth-order valence-electron chi connectivity index (χ4n) is 9.19.